The van der Waals surface area contributed by atoms with Gasteiger partial charge in [-0.3, -0.25) is 4.79 Å². The molecular weight excluding hydrogens is 432 g/mol. The average Bonchev–Trinajstić information content (AvgIpc) is 2.73. The van der Waals surface area contributed by atoms with Crippen LogP contribution in [0.4, 0.5) is 0 Å². The first kappa shape index (κ1) is 20.7. The van der Waals surface area contributed by atoms with Crippen molar-refractivity contribution in [2.45, 2.75) is 42.1 Å². The van der Waals surface area contributed by atoms with Crippen LogP contribution < -0.4 is 0 Å². The van der Waals surface area contributed by atoms with Crippen LogP contribution >= 0.6 is 27.7 Å². The second kappa shape index (κ2) is 10.5. The van der Waals surface area contributed by atoms with Crippen LogP contribution in [0.5, 0.6) is 0 Å². The third kappa shape index (κ3) is 6.25. The van der Waals surface area contributed by atoms with Gasteiger partial charge in [0.2, 0.25) is 0 Å². The van der Waals surface area contributed by atoms with Gasteiger partial charge < -0.3 is 4.74 Å². The quantitative estimate of drug-likeness (QED) is 0.335. The number of hydrogen-bond acceptors (Lipinski definition) is 3. The zero-order valence-electron chi connectivity index (χ0n) is 15.8. The van der Waals surface area contributed by atoms with E-state index in [4.69, 9.17) is 4.74 Å². The predicted molar refractivity (Wildman–Crippen MR) is 119 cm³/mol. The molecule has 2 nitrogen and oxygen atoms in total. The van der Waals surface area contributed by atoms with Crippen LogP contribution in [0.3, 0.4) is 0 Å². The van der Waals surface area contributed by atoms with Crippen molar-refractivity contribution in [3.05, 3.63) is 94.5 Å². The van der Waals surface area contributed by atoms with E-state index in [9.17, 15) is 4.79 Å². The van der Waals surface area contributed by atoms with Crippen molar-refractivity contribution in [3.8, 4) is 0 Å². The van der Waals surface area contributed by atoms with Crippen LogP contribution in [-0.4, -0.2) is 5.97 Å². The number of rotatable bonds is 8. The maximum absolute atomic E-state index is 12.1. The standard InChI is InChI=1S/C24H23BrO2S/c1-18(11-16-24(26)27-17-19-7-3-2-4-8-19)22-9-5-6-10-23(22)28-21-14-12-20(25)13-15-21/h2-10,12-15,18H,11,16-17H2,1H3. The third-order valence-corrected chi connectivity index (χ3v) is 6.14. The molecule has 3 rings (SSSR count). The summed E-state index contributed by atoms with van der Waals surface area (Å²) in [6.45, 7) is 2.51. The highest BCUT2D eigenvalue weighted by Gasteiger charge is 2.14. The molecule has 0 aliphatic heterocycles. The van der Waals surface area contributed by atoms with Crippen LogP contribution in [0, 0.1) is 0 Å². The number of carbonyl (C=O) groups excluding carboxylic acids is 1. The van der Waals surface area contributed by atoms with Crippen LogP contribution in [0.25, 0.3) is 0 Å². The van der Waals surface area contributed by atoms with Gasteiger partial charge in [0.15, 0.2) is 0 Å². The Labute approximate surface area is 179 Å². The second-order valence-corrected chi connectivity index (χ2v) is 8.71. The van der Waals surface area contributed by atoms with E-state index in [2.05, 4.69) is 71.4 Å². The number of esters is 1. The molecule has 0 heterocycles. The average molecular weight is 455 g/mol. The number of benzene rings is 3. The largest absolute Gasteiger partial charge is 0.461 e. The molecule has 0 spiro atoms. The fraction of sp³-hybridized carbons (Fsp3) is 0.208. The van der Waals surface area contributed by atoms with Crippen molar-refractivity contribution >= 4 is 33.7 Å². The summed E-state index contributed by atoms with van der Waals surface area (Å²) in [5.74, 6) is 0.136. The lowest BCUT2D eigenvalue weighted by Gasteiger charge is -2.16. The van der Waals surface area contributed by atoms with Crippen LogP contribution in [0.1, 0.15) is 36.8 Å². The molecule has 0 N–H and O–H groups in total. The topological polar surface area (TPSA) is 26.3 Å². The molecule has 1 atom stereocenters. The van der Waals surface area contributed by atoms with Crippen LogP contribution in [0.2, 0.25) is 0 Å². The van der Waals surface area contributed by atoms with E-state index in [-0.39, 0.29) is 11.9 Å². The van der Waals surface area contributed by atoms with Crippen molar-refractivity contribution in [1.82, 2.24) is 0 Å². The summed E-state index contributed by atoms with van der Waals surface area (Å²) in [7, 11) is 0. The van der Waals surface area contributed by atoms with Crippen molar-refractivity contribution in [3.63, 3.8) is 0 Å². The van der Waals surface area contributed by atoms with E-state index in [0.717, 1.165) is 16.5 Å². The molecule has 3 aromatic carbocycles. The summed E-state index contributed by atoms with van der Waals surface area (Å²) in [6.07, 6.45) is 1.19. The summed E-state index contributed by atoms with van der Waals surface area (Å²) in [6, 6.07) is 26.5. The lowest BCUT2D eigenvalue weighted by atomic mass is 9.96. The smallest absolute Gasteiger partial charge is 0.306 e. The van der Waals surface area contributed by atoms with Gasteiger partial charge in [-0.2, -0.15) is 0 Å². The molecule has 0 bridgehead atoms. The van der Waals surface area contributed by atoms with Crippen molar-refractivity contribution in [2.75, 3.05) is 0 Å². The Balaban J connectivity index is 1.56. The molecule has 0 amide bonds. The zero-order chi connectivity index (χ0) is 19.8. The van der Waals surface area contributed by atoms with E-state index in [1.54, 1.807) is 11.8 Å². The van der Waals surface area contributed by atoms with Gasteiger partial charge in [-0.1, -0.05) is 83.1 Å². The highest BCUT2D eigenvalue weighted by Crippen LogP contribution is 2.35. The molecule has 0 saturated carbocycles. The minimum Gasteiger partial charge on any atom is -0.461 e. The molecule has 0 radical (unpaired) electrons. The van der Waals surface area contributed by atoms with Crippen LogP contribution in [0.15, 0.2) is 93.1 Å². The molecular formula is C24H23BrO2S. The van der Waals surface area contributed by atoms with E-state index in [1.807, 2.05) is 30.3 Å². The summed E-state index contributed by atoms with van der Waals surface area (Å²) in [5, 5.41) is 0. The predicted octanol–water partition coefficient (Wildman–Crippen LogP) is 7.23. The SMILES string of the molecule is CC(CCC(=O)OCc1ccccc1)c1ccccc1Sc1ccc(Br)cc1. The monoisotopic (exact) mass is 454 g/mol. The first-order valence-electron chi connectivity index (χ1n) is 9.33. The Kier molecular flexibility index (Phi) is 7.75. The molecule has 3 aromatic rings. The number of hydrogen-bond donors (Lipinski definition) is 0. The fourth-order valence-corrected chi connectivity index (χ4v) is 4.23. The lowest BCUT2D eigenvalue weighted by molar-refractivity contribution is -0.145. The molecule has 4 heteroatoms. The van der Waals surface area contributed by atoms with Gasteiger partial charge in [-0.05, 0) is 53.8 Å². The lowest BCUT2D eigenvalue weighted by Crippen LogP contribution is -2.07. The number of ether oxygens (including phenoxy) is 1. The molecule has 0 fully saturated rings. The Bertz CT molecular complexity index is 894. The summed E-state index contributed by atoms with van der Waals surface area (Å²) in [5.41, 5.74) is 2.28. The second-order valence-electron chi connectivity index (χ2n) is 6.68. The maximum atomic E-state index is 12.1. The third-order valence-electron chi connectivity index (χ3n) is 4.52. The molecule has 144 valence electrons. The first-order chi connectivity index (χ1) is 13.6. The normalized spacial score (nSPS) is 11.8. The molecule has 1 unspecified atom stereocenters. The molecule has 0 saturated heterocycles. The maximum Gasteiger partial charge on any atom is 0.306 e. The van der Waals surface area contributed by atoms with Crippen LogP contribution in [-0.2, 0) is 16.1 Å². The Morgan fingerprint density at radius 2 is 1.64 bits per heavy atom. The summed E-state index contributed by atoms with van der Waals surface area (Å²) >= 11 is 5.23. The first-order valence-corrected chi connectivity index (χ1v) is 10.9. The van der Waals surface area contributed by atoms with Gasteiger partial charge in [-0.25, -0.2) is 0 Å². The van der Waals surface area contributed by atoms with E-state index in [1.165, 1.54) is 15.4 Å². The Morgan fingerprint density at radius 1 is 0.964 bits per heavy atom. The molecule has 0 aromatic heterocycles. The summed E-state index contributed by atoms with van der Waals surface area (Å²) in [4.78, 5) is 14.6. The van der Waals surface area contributed by atoms with Gasteiger partial charge in [-0.15, -0.1) is 0 Å². The van der Waals surface area contributed by atoms with Gasteiger partial charge in [0.25, 0.3) is 0 Å². The van der Waals surface area contributed by atoms with E-state index in [0.29, 0.717) is 13.0 Å². The molecule has 28 heavy (non-hydrogen) atoms. The minimum atomic E-state index is -0.145. The van der Waals surface area contributed by atoms with Gasteiger partial charge in [0.1, 0.15) is 6.61 Å². The highest BCUT2D eigenvalue weighted by atomic mass is 79.9. The van der Waals surface area contributed by atoms with Gasteiger partial charge >= 0.3 is 5.97 Å². The van der Waals surface area contributed by atoms with E-state index >= 15 is 0 Å². The van der Waals surface area contributed by atoms with Crippen molar-refractivity contribution in [1.29, 1.82) is 0 Å². The summed E-state index contributed by atoms with van der Waals surface area (Å²) < 4.78 is 6.48. The molecule has 0 aliphatic carbocycles. The van der Waals surface area contributed by atoms with Gasteiger partial charge in [0, 0.05) is 20.7 Å². The highest BCUT2D eigenvalue weighted by molar-refractivity contribution is 9.10. The number of carbonyl (C=O) groups is 1. The Morgan fingerprint density at radius 3 is 2.39 bits per heavy atom. The minimum absolute atomic E-state index is 0.145. The van der Waals surface area contributed by atoms with Gasteiger partial charge in [0.05, 0.1) is 0 Å². The fourth-order valence-electron chi connectivity index (χ4n) is 2.91. The zero-order valence-corrected chi connectivity index (χ0v) is 18.2. The number of halogens is 1. The molecule has 0 aliphatic rings. The Hall–Kier alpha value is -2.04. The van der Waals surface area contributed by atoms with Crippen molar-refractivity contribution < 1.29 is 9.53 Å². The van der Waals surface area contributed by atoms with E-state index < -0.39 is 0 Å². The van der Waals surface area contributed by atoms with Crippen molar-refractivity contribution in [2.24, 2.45) is 0 Å².